The first-order valence-electron chi connectivity index (χ1n) is 11.2. The second-order valence-electron chi connectivity index (χ2n) is 8.24. The second kappa shape index (κ2) is 10.5. The van der Waals surface area contributed by atoms with Crippen LogP contribution in [0.3, 0.4) is 0 Å². The number of nitrogens with zero attached hydrogens (tertiary/aromatic N) is 3. The average molecular weight is 470 g/mol. The second-order valence-corrected chi connectivity index (χ2v) is 8.24. The molecule has 0 unspecified atom stereocenters. The molecule has 0 saturated heterocycles. The molecule has 0 spiro atoms. The van der Waals surface area contributed by atoms with Crippen molar-refractivity contribution in [2.45, 2.75) is 25.7 Å². The summed E-state index contributed by atoms with van der Waals surface area (Å²) >= 11 is 0. The van der Waals surface area contributed by atoms with E-state index in [-0.39, 0.29) is 24.7 Å². The Balaban J connectivity index is 1.70. The molecule has 0 saturated carbocycles. The molecule has 0 fully saturated rings. The number of methoxy groups -OCH3 is 2. The lowest BCUT2D eigenvalue weighted by molar-refractivity contribution is -0.201. The molecule has 7 nitrogen and oxygen atoms in total. The van der Waals surface area contributed by atoms with Crippen LogP contribution >= 0.6 is 0 Å². The number of carbonyl (C=O) groups excluding carboxylic acids is 2. The quantitative estimate of drug-likeness (QED) is 0.197. The number of aromatic nitrogens is 2. The first-order valence-corrected chi connectivity index (χ1v) is 11.2. The van der Waals surface area contributed by atoms with Crippen molar-refractivity contribution >= 4 is 28.2 Å². The molecule has 178 valence electrons. The smallest absolute Gasteiger partial charge is 0.235 e. The molecule has 1 aromatic heterocycles. The molecule has 3 aromatic carbocycles. The predicted molar refractivity (Wildman–Crippen MR) is 134 cm³/mol. The highest BCUT2D eigenvalue weighted by Crippen LogP contribution is 2.30. The Morgan fingerprint density at radius 2 is 1.57 bits per heavy atom. The van der Waals surface area contributed by atoms with E-state index in [1.807, 2.05) is 60.7 Å². The maximum atomic E-state index is 13.5. The highest BCUT2D eigenvalue weighted by molar-refractivity contribution is 6.10. The van der Waals surface area contributed by atoms with Gasteiger partial charge in [-0.15, -0.1) is 0 Å². The lowest BCUT2D eigenvalue weighted by Gasteiger charge is -2.29. The van der Waals surface area contributed by atoms with E-state index in [4.69, 9.17) is 9.47 Å². The van der Waals surface area contributed by atoms with Crippen LogP contribution in [0.15, 0.2) is 85.2 Å². The molecule has 35 heavy (non-hydrogen) atoms. The summed E-state index contributed by atoms with van der Waals surface area (Å²) < 4.78 is 11.1. The first-order chi connectivity index (χ1) is 16.9. The van der Waals surface area contributed by atoms with E-state index in [2.05, 4.69) is 16.0 Å². The fourth-order valence-electron chi connectivity index (χ4n) is 3.87. The zero-order valence-electron chi connectivity index (χ0n) is 20.0. The molecule has 7 heteroatoms. The van der Waals surface area contributed by atoms with Gasteiger partial charge in [-0.05, 0) is 47.5 Å². The maximum absolute atomic E-state index is 13.5. The van der Waals surface area contributed by atoms with Gasteiger partial charge in [0.1, 0.15) is 0 Å². The van der Waals surface area contributed by atoms with Crippen molar-refractivity contribution in [1.29, 1.82) is 0 Å². The lowest BCUT2D eigenvalue weighted by Crippen LogP contribution is -2.33. The van der Waals surface area contributed by atoms with Crippen LogP contribution in [-0.4, -0.2) is 35.9 Å². The van der Waals surface area contributed by atoms with Crippen LogP contribution in [-0.2, 0) is 26.6 Å². The standard InChI is InChI=1S/C28H27N3O4/c1-28(34-2,35-3)23-10-6-11-24(17-23)31(26(33)18-25(32)27-29-14-7-15-30-27)19-20-12-13-21-8-4-5-9-22(21)16-20/h4-17H,18-19H2,1-3H3. The number of hydrogen-bond donors (Lipinski definition) is 0. The van der Waals surface area contributed by atoms with Crippen molar-refractivity contribution in [3.8, 4) is 0 Å². The van der Waals surface area contributed by atoms with E-state index < -0.39 is 11.6 Å². The third kappa shape index (κ3) is 5.42. The van der Waals surface area contributed by atoms with Crippen LogP contribution in [0, 0.1) is 0 Å². The summed E-state index contributed by atoms with van der Waals surface area (Å²) in [6, 6.07) is 23.1. The highest BCUT2D eigenvalue weighted by Gasteiger charge is 2.28. The van der Waals surface area contributed by atoms with Gasteiger partial charge in [-0.1, -0.05) is 48.5 Å². The molecule has 0 atom stereocenters. The van der Waals surface area contributed by atoms with E-state index in [0.29, 0.717) is 5.69 Å². The number of ether oxygens (including phenoxy) is 2. The number of hydrogen-bond acceptors (Lipinski definition) is 6. The SMILES string of the molecule is COC(C)(OC)c1cccc(N(Cc2ccc3ccccc3c2)C(=O)CC(=O)c2ncccn2)c1. The van der Waals surface area contributed by atoms with Crippen molar-refractivity contribution in [2.24, 2.45) is 0 Å². The van der Waals surface area contributed by atoms with Gasteiger partial charge in [-0.3, -0.25) is 9.59 Å². The summed E-state index contributed by atoms with van der Waals surface area (Å²) in [6.07, 6.45) is 2.61. The minimum Gasteiger partial charge on any atom is -0.349 e. The van der Waals surface area contributed by atoms with Crippen LogP contribution in [0.4, 0.5) is 5.69 Å². The van der Waals surface area contributed by atoms with Crippen LogP contribution in [0.25, 0.3) is 10.8 Å². The third-order valence-electron chi connectivity index (χ3n) is 6.04. The Morgan fingerprint density at radius 3 is 2.29 bits per heavy atom. The summed E-state index contributed by atoms with van der Waals surface area (Å²) in [5.41, 5.74) is 2.31. The largest absolute Gasteiger partial charge is 0.349 e. The number of ketones is 1. The zero-order chi connectivity index (χ0) is 24.8. The number of rotatable bonds is 9. The van der Waals surface area contributed by atoms with Crippen molar-refractivity contribution < 1.29 is 19.1 Å². The van der Waals surface area contributed by atoms with E-state index in [9.17, 15) is 9.59 Å². The van der Waals surface area contributed by atoms with Crippen LogP contribution < -0.4 is 4.90 Å². The van der Waals surface area contributed by atoms with Gasteiger partial charge < -0.3 is 14.4 Å². The summed E-state index contributed by atoms with van der Waals surface area (Å²) in [5.74, 6) is -1.76. The minimum atomic E-state index is -0.985. The van der Waals surface area contributed by atoms with Gasteiger partial charge in [0.15, 0.2) is 11.6 Å². The van der Waals surface area contributed by atoms with Gasteiger partial charge in [0.25, 0.3) is 0 Å². The Kier molecular flexibility index (Phi) is 7.29. The topological polar surface area (TPSA) is 81.6 Å². The first kappa shape index (κ1) is 24.2. The van der Waals surface area contributed by atoms with Gasteiger partial charge in [0.05, 0.1) is 13.0 Å². The van der Waals surface area contributed by atoms with Crippen LogP contribution in [0.1, 0.15) is 35.1 Å². The van der Waals surface area contributed by atoms with Gasteiger partial charge >= 0.3 is 0 Å². The summed E-state index contributed by atoms with van der Waals surface area (Å²) in [5, 5.41) is 2.19. The average Bonchev–Trinajstić information content (AvgIpc) is 2.91. The van der Waals surface area contributed by atoms with Gasteiger partial charge in [0.2, 0.25) is 11.7 Å². The Labute approximate surface area is 204 Å². The molecule has 1 amide bonds. The zero-order valence-corrected chi connectivity index (χ0v) is 20.0. The predicted octanol–water partition coefficient (Wildman–Crippen LogP) is 4.90. The summed E-state index contributed by atoms with van der Waals surface area (Å²) in [4.78, 5) is 35.8. The molecule has 0 aliphatic heterocycles. The Bertz CT molecular complexity index is 1340. The monoisotopic (exact) mass is 469 g/mol. The third-order valence-corrected chi connectivity index (χ3v) is 6.04. The van der Waals surface area contributed by atoms with Gasteiger partial charge in [0, 0.05) is 37.9 Å². The normalized spacial score (nSPS) is 11.4. The maximum Gasteiger partial charge on any atom is 0.235 e. The molecule has 4 aromatic rings. The molecule has 0 aliphatic rings. The van der Waals surface area contributed by atoms with Crippen molar-refractivity contribution in [3.63, 3.8) is 0 Å². The number of fused-ring (bicyclic) bond motifs is 1. The highest BCUT2D eigenvalue weighted by atomic mass is 16.7. The molecule has 0 N–H and O–H groups in total. The van der Waals surface area contributed by atoms with E-state index in [1.165, 1.54) is 12.4 Å². The number of benzene rings is 3. The number of carbonyl (C=O) groups is 2. The Morgan fingerprint density at radius 1 is 0.857 bits per heavy atom. The summed E-state index contributed by atoms with van der Waals surface area (Å²) in [7, 11) is 3.12. The molecule has 4 rings (SSSR count). The fourth-order valence-corrected chi connectivity index (χ4v) is 3.87. The molecule has 1 heterocycles. The lowest BCUT2D eigenvalue weighted by atomic mass is 10.0. The van der Waals surface area contributed by atoms with Crippen molar-refractivity contribution in [2.75, 3.05) is 19.1 Å². The van der Waals surface area contributed by atoms with Crippen LogP contribution in [0.2, 0.25) is 0 Å². The Hall–Kier alpha value is -3.94. The number of amides is 1. The van der Waals surface area contributed by atoms with E-state index in [0.717, 1.165) is 21.9 Å². The van der Waals surface area contributed by atoms with E-state index in [1.54, 1.807) is 32.1 Å². The number of anilines is 1. The molecular weight excluding hydrogens is 442 g/mol. The fraction of sp³-hybridized carbons (Fsp3) is 0.214. The number of Topliss-reactive ketones (excluding diaryl/α,β-unsaturated/α-hetero) is 1. The summed E-state index contributed by atoms with van der Waals surface area (Å²) in [6.45, 7) is 2.09. The minimum absolute atomic E-state index is 0.0200. The van der Waals surface area contributed by atoms with Crippen LogP contribution in [0.5, 0.6) is 0 Å². The molecule has 0 radical (unpaired) electrons. The molecular formula is C28H27N3O4. The van der Waals surface area contributed by atoms with Gasteiger partial charge in [-0.2, -0.15) is 0 Å². The van der Waals surface area contributed by atoms with E-state index >= 15 is 0 Å². The van der Waals surface area contributed by atoms with Gasteiger partial charge in [-0.25, -0.2) is 9.97 Å². The molecule has 0 aliphatic carbocycles. The van der Waals surface area contributed by atoms with Crippen molar-refractivity contribution in [1.82, 2.24) is 9.97 Å². The molecule has 0 bridgehead atoms. The van der Waals surface area contributed by atoms with Crippen molar-refractivity contribution in [3.05, 3.63) is 102 Å².